The molecule has 0 amide bonds. The molecular weight excluding hydrogens is 691 g/mol. The van der Waals surface area contributed by atoms with Crippen LogP contribution in [-0.2, 0) is 0 Å². The van der Waals surface area contributed by atoms with E-state index in [0.717, 1.165) is 72.6 Å². The zero-order chi connectivity index (χ0) is 38.1. The van der Waals surface area contributed by atoms with Gasteiger partial charge in [0.15, 0.2) is 5.69 Å². The van der Waals surface area contributed by atoms with Crippen LogP contribution in [0.4, 0.5) is 5.69 Å². The molecule has 0 unspecified atom stereocenters. The molecule has 0 N–H and O–H groups in total. The van der Waals surface area contributed by atoms with Gasteiger partial charge in [-0.05, 0) is 87.0 Å². The van der Waals surface area contributed by atoms with E-state index in [4.69, 9.17) is 11.6 Å². The van der Waals surface area contributed by atoms with Gasteiger partial charge >= 0.3 is 0 Å². The predicted molar refractivity (Wildman–Crippen MR) is 237 cm³/mol. The van der Waals surface area contributed by atoms with Gasteiger partial charge < -0.3 is 4.57 Å². The molecule has 0 bridgehead atoms. The summed E-state index contributed by atoms with van der Waals surface area (Å²) < 4.78 is 2.41. The molecule has 266 valence electrons. The first kappa shape index (κ1) is 33.7. The van der Waals surface area contributed by atoms with Crippen LogP contribution in [0.3, 0.4) is 0 Å². The molecule has 2 aromatic heterocycles. The third-order valence-electron chi connectivity index (χ3n) is 10.8. The normalized spacial score (nSPS) is 11.1. The van der Waals surface area contributed by atoms with E-state index in [1.165, 1.54) is 21.9 Å². The largest absolute Gasteiger partial charge is 0.309 e. The molecule has 0 radical (unpaired) electrons. The molecule has 0 aliphatic heterocycles. The fourth-order valence-corrected chi connectivity index (χ4v) is 8.01. The van der Waals surface area contributed by atoms with Gasteiger partial charge in [-0.15, -0.1) is 0 Å². The lowest BCUT2D eigenvalue weighted by Gasteiger charge is -2.16. The molecule has 0 saturated heterocycles. The molecule has 0 fully saturated rings. The lowest BCUT2D eigenvalue weighted by Crippen LogP contribution is -1.97. The molecule has 0 atom stereocenters. The maximum atomic E-state index is 8.13. The molecule has 8 aromatic carbocycles. The van der Waals surface area contributed by atoms with Gasteiger partial charge in [0.05, 0.1) is 29.0 Å². The van der Waals surface area contributed by atoms with Gasteiger partial charge in [0.2, 0.25) is 0 Å². The number of aromatic nitrogens is 2. The van der Waals surface area contributed by atoms with Crippen LogP contribution in [0.1, 0.15) is 0 Å². The first-order chi connectivity index (χ1) is 28.2. The van der Waals surface area contributed by atoms with Gasteiger partial charge in [0.25, 0.3) is 0 Å². The van der Waals surface area contributed by atoms with E-state index in [2.05, 4.69) is 191 Å². The molecule has 0 aliphatic rings. The summed E-state index contributed by atoms with van der Waals surface area (Å²) in [5.41, 5.74) is 16.3. The van der Waals surface area contributed by atoms with E-state index >= 15 is 0 Å². The number of hydrogen-bond acceptors (Lipinski definition) is 1. The first-order valence-electron chi connectivity index (χ1n) is 19.1. The predicted octanol–water partition coefficient (Wildman–Crippen LogP) is 14.7. The second-order valence-corrected chi connectivity index (χ2v) is 14.3. The van der Waals surface area contributed by atoms with E-state index < -0.39 is 0 Å². The Kier molecular flexibility index (Phi) is 8.56. The maximum Gasteiger partial charge on any atom is 0.194 e. The van der Waals surface area contributed by atoms with Crippen LogP contribution in [0.25, 0.3) is 99.4 Å². The van der Waals surface area contributed by atoms with Gasteiger partial charge in [0.1, 0.15) is 0 Å². The highest BCUT2D eigenvalue weighted by molar-refractivity contribution is 6.11. The van der Waals surface area contributed by atoms with Gasteiger partial charge in [-0.1, -0.05) is 170 Å². The van der Waals surface area contributed by atoms with Gasteiger partial charge in [-0.3, -0.25) is 0 Å². The van der Waals surface area contributed by atoms with Crippen molar-refractivity contribution in [2.45, 2.75) is 0 Å². The minimum Gasteiger partial charge on any atom is -0.309 e. The lowest BCUT2D eigenvalue weighted by atomic mass is 9.95. The Morgan fingerprint density at radius 3 is 1.30 bits per heavy atom. The highest BCUT2D eigenvalue weighted by Gasteiger charge is 2.18. The second-order valence-electron chi connectivity index (χ2n) is 14.3. The molecule has 3 nitrogen and oxygen atoms in total. The Labute approximate surface area is 332 Å². The Morgan fingerprint density at radius 2 is 0.789 bits per heavy atom. The molecule has 10 aromatic rings. The molecule has 57 heavy (non-hydrogen) atoms. The number of rotatable bonds is 7. The molecule has 3 heteroatoms. The lowest BCUT2D eigenvalue weighted by molar-refractivity contribution is 1.18. The first-order valence-corrected chi connectivity index (χ1v) is 19.1. The average Bonchev–Trinajstić information content (AvgIpc) is 3.63. The molecule has 0 saturated carbocycles. The van der Waals surface area contributed by atoms with E-state index in [0.29, 0.717) is 5.69 Å². The quantitative estimate of drug-likeness (QED) is 0.150. The minimum absolute atomic E-state index is 0.616. The number of benzene rings is 8. The second kappa shape index (κ2) is 14.5. The zero-order valence-electron chi connectivity index (χ0n) is 31.0. The SMILES string of the molecule is [C-]#[N+]c1ccccc1-c1cc(-c2cc(-c3ccccc3)nc(-c3ccccc3)c2)cc(-n2c3cc(-c4ccccc4)ccc3c3ccc(-c4ccccc4)cc32)c1. The molecule has 0 aliphatic carbocycles. The highest BCUT2D eigenvalue weighted by atomic mass is 15.0. The number of fused-ring (bicyclic) bond motifs is 3. The number of pyridine rings is 1. The van der Waals surface area contributed by atoms with Crippen molar-refractivity contribution in [1.29, 1.82) is 0 Å². The Balaban J connectivity index is 1.29. The monoisotopic (exact) mass is 725 g/mol. The van der Waals surface area contributed by atoms with Crippen molar-refractivity contribution in [3.05, 3.63) is 224 Å². The van der Waals surface area contributed by atoms with Crippen molar-refractivity contribution in [2.75, 3.05) is 0 Å². The van der Waals surface area contributed by atoms with E-state index in [-0.39, 0.29) is 0 Å². The topological polar surface area (TPSA) is 22.2 Å². The summed E-state index contributed by atoms with van der Waals surface area (Å²) in [7, 11) is 0. The summed E-state index contributed by atoms with van der Waals surface area (Å²) in [6, 6.07) is 74.6. The van der Waals surface area contributed by atoms with Crippen LogP contribution in [-0.4, -0.2) is 9.55 Å². The summed E-state index contributed by atoms with van der Waals surface area (Å²) in [5, 5.41) is 2.36. The van der Waals surface area contributed by atoms with Gasteiger partial charge in [0, 0.05) is 27.6 Å². The maximum absolute atomic E-state index is 8.13. The van der Waals surface area contributed by atoms with E-state index in [9.17, 15) is 0 Å². The summed E-state index contributed by atoms with van der Waals surface area (Å²) in [5.74, 6) is 0. The van der Waals surface area contributed by atoms with Crippen molar-refractivity contribution >= 4 is 27.5 Å². The Morgan fingerprint density at radius 1 is 0.351 bits per heavy atom. The third-order valence-corrected chi connectivity index (χ3v) is 10.8. The molecule has 2 heterocycles. The Bertz CT molecular complexity index is 2950. The van der Waals surface area contributed by atoms with Crippen molar-refractivity contribution in [3.8, 4) is 72.7 Å². The molecular formula is C54H35N3. The van der Waals surface area contributed by atoms with Crippen molar-refractivity contribution in [2.24, 2.45) is 0 Å². The fourth-order valence-electron chi connectivity index (χ4n) is 8.01. The average molecular weight is 726 g/mol. The number of nitrogens with zero attached hydrogens (tertiary/aromatic N) is 3. The van der Waals surface area contributed by atoms with Crippen LogP contribution < -0.4 is 0 Å². The van der Waals surface area contributed by atoms with Crippen LogP contribution >= 0.6 is 0 Å². The Hall–Kier alpha value is -7.80. The van der Waals surface area contributed by atoms with E-state index in [1.54, 1.807) is 0 Å². The summed E-state index contributed by atoms with van der Waals surface area (Å²) in [6.07, 6.45) is 0. The summed E-state index contributed by atoms with van der Waals surface area (Å²) >= 11 is 0. The standard InChI is InChI=1S/C54H35N3/c1-55-50-25-15-14-24-47(50)45-30-43(44-33-51(39-20-10-4-11-21-39)56-52(34-44)40-22-12-5-13-23-40)31-46(32-45)57-53-35-41(37-16-6-2-7-17-37)26-28-48(53)49-29-27-42(36-54(49)57)38-18-8-3-9-19-38/h2-36H. The number of para-hydroxylation sites is 1. The third kappa shape index (κ3) is 6.36. The summed E-state index contributed by atoms with van der Waals surface area (Å²) in [6.45, 7) is 8.13. The van der Waals surface area contributed by atoms with Crippen LogP contribution in [0.5, 0.6) is 0 Å². The van der Waals surface area contributed by atoms with Crippen molar-refractivity contribution in [1.82, 2.24) is 9.55 Å². The summed E-state index contributed by atoms with van der Waals surface area (Å²) in [4.78, 5) is 9.17. The van der Waals surface area contributed by atoms with Gasteiger partial charge in [-0.25, -0.2) is 9.83 Å². The smallest absolute Gasteiger partial charge is 0.194 e. The number of hydrogen-bond donors (Lipinski definition) is 0. The van der Waals surface area contributed by atoms with E-state index in [1.807, 2.05) is 30.3 Å². The fraction of sp³-hybridized carbons (Fsp3) is 0. The van der Waals surface area contributed by atoms with Crippen LogP contribution in [0.15, 0.2) is 212 Å². The van der Waals surface area contributed by atoms with Crippen molar-refractivity contribution < 1.29 is 0 Å². The molecule has 10 rings (SSSR count). The minimum atomic E-state index is 0.616. The molecule has 0 spiro atoms. The van der Waals surface area contributed by atoms with Gasteiger partial charge in [-0.2, -0.15) is 0 Å². The highest BCUT2D eigenvalue weighted by Crippen LogP contribution is 2.41. The van der Waals surface area contributed by atoms with Crippen LogP contribution in [0.2, 0.25) is 0 Å². The van der Waals surface area contributed by atoms with Crippen molar-refractivity contribution in [3.63, 3.8) is 0 Å². The zero-order valence-corrected chi connectivity index (χ0v) is 31.0. The van der Waals surface area contributed by atoms with Crippen LogP contribution in [0, 0.1) is 6.57 Å².